The zero-order valence-electron chi connectivity index (χ0n) is 23.1. The largest absolute Gasteiger partial charge is 0.382 e. The van der Waals surface area contributed by atoms with E-state index in [0.717, 1.165) is 24.3 Å². The van der Waals surface area contributed by atoms with E-state index < -0.39 is 0 Å². The summed E-state index contributed by atoms with van der Waals surface area (Å²) >= 11 is 0. The van der Waals surface area contributed by atoms with Gasteiger partial charge < -0.3 is 26.6 Å². The minimum absolute atomic E-state index is 0.106. The number of aromatic nitrogens is 6. The molecule has 0 bridgehead atoms. The number of nitrogens with zero attached hydrogens (tertiary/aromatic N) is 6. The van der Waals surface area contributed by atoms with Crippen LogP contribution in [-0.2, 0) is 5.41 Å². The first-order valence-corrected chi connectivity index (χ1v) is 13.0. The summed E-state index contributed by atoms with van der Waals surface area (Å²) in [5, 5.41) is 16.9. The quantitative estimate of drug-likeness (QED) is 0.258. The van der Waals surface area contributed by atoms with E-state index >= 15 is 0 Å². The van der Waals surface area contributed by atoms with E-state index in [2.05, 4.69) is 80.6 Å². The molecule has 1 aliphatic heterocycles. The second kappa shape index (κ2) is 10.1. The topological polar surface area (TPSA) is 163 Å². The van der Waals surface area contributed by atoms with Gasteiger partial charge >= 0.3 is 0 Å². The number of benzene rings is 1. The second-order valence-corrected chi connectivity index (χ2v) is 11.2. The van der Waals surface area contributed by atoms with Crippen molar-refractivity contribution in [2.75, 3.05) is 34.4 Å². The Morgan fingerprint density at radius 1 is 1.08 bits per heavy atom. The van der Waals surface area contributed by atoms with Crippen molar-refractivity contribution in [3.8, 4) is 0 Å². The predicted octanol–water partition coefficient (Wildman–Crippen LogP) is 3.51. The maximum atomic E-state index is 13.1. The zero-order valence-corrected chi connectivity index (χ0v) is 23.1. The minimum Gasteiger partial charge on any atom is -0.382 e. The van der Waals surface area contributed by atoms with Crippen LogP contribution in [0.3, 0.4) is 0 Å². The molecular formula is C27H35N11O. The molecule has 1 fully saturated rings. The van der Waals surface area contributed by atoms with E-state index in [4.69, 9.17) is 10.7 Å². The fourth-order valence-electron chi connectivity index (χ4n) is 4.66. The summed E-state index contributed by atoms with van der Waals surface area (Å²) in [7, 11) is 0. The van der Waals surface area contributed by atoms with Crippen LogP contribution >= 0.6 is 0 Å². The van der Waals surface area contributed by atoms with Crippen molar-refractivity contribution < 1.29 is 4.79 Å². The third-order valence-corrected chi connectivity index (χ3v) is 6.72. The van der Waals surface area contributed by atoms with Gasteiger partial charge in [0.05, 0.1) is 0 Å². The van der Waals surface area contributed by atoms with Crippen molar-refractivity contribution >= 4 is 46.0 Å². The van der Waals surface area contributed by atoms with Gasteiger partial charge in [-0.15, -0.1) is 0 Å². The first kappa shape index (κ1) is 26.3. The number of nitrogens with one attached hydrogen (secondary N) is 4. The van der Waals surface area contributed by atoms with Crippen molar-refractivity contribution in [2.45, 2.75) is 59.0 Å². The monoisotopic (exact) mass is 529 g/mol. The number of fused-ring (bicyclic) bond motifs is 1. The standard InChI is InChI=1S/C27H35N11O/c1-14-7-8-17(25(39)33-20-10-19(36-37-20)27(4,5)6)9-18(14)32-24-22-21(29-13-30-24)23(28)35-26(34-22)38-11-15(2)31-16(3)12-38/h7-10,13,15-16,31H,11-12H2,1-6H3,(H2,28,34,35)(H,29,30,32)(H2,33,36,37,39)/t15-,16+. The molecule has 1 amide bonds. The average molecular weight is 530 g/mol. The van der Waals surface area contributed by atoms with Crippen LogP contribution in [0.25, 0.3) is 11.0 Å². The second-order valence-electron chi connectivity index (χ2n) is 11.2. The Kier molecular flexibility index (Phi) is 6.81. The number of nitrogens with two attached hydrogens (primary N) is 1. The highest BCUT2D eigenvalue weighted by Gasteiger charge is 2.25. The molecule has 0 saturated carbocycles. The lowest BCUT2D eigenvalue weighted by Gasteiger charge is -2.36. The molecule has 3 aromatic heterocycles. The van der Waals surface area contributed by atoms with Crippen LogP contribution in [-0.4, -0.2) is 61.2 Å². The summed E-state index contributed by atoms with van der Waals surface area (Å²) in [5.74, 6) is 1.51. The Labute approximate surface area is 227 Å². The Bertz CT molecular complexity index is 1510. The highest BCUT2D eigenvalue weighted by atomic mass is 16.1. The van der Waals surface area contributed by atoms with Crippen molar-refractivity contribution in [3.05, 3.63) is 47.4 Å². The lowest BCUT2D eigenvalue weighted by atomic mass is 9.92. The van der Waals surface area contributed by atoms with E-state index in [9.17, 15) is 4.79 Å². The fourth-order valence-corrected chi connectivity index (χ4v) is 4.66. The van der Waals surface area contributed by atoms with Gasteiger partial charge in [0.15, 0.2) is 17.5 Å². The number of nitrogen functional groups attached to an aromatic ring is 1. The zero-order chi connectivity index (χ0) is 27.9. The normalized spacial score (nSPS) is 17.8. The minimum atomic E-state index is -0.270. The maximum absolute atomic E-state index is 13.1. The number of rotatable bonds is 5. The molecule has 5 rings (SSSR count). The summed E-state index contributed by atoms with van der Waals surface area (Å²) in [6.07, 6.45) is 1.43. The number of H-pyrrole nitrogens is 1. The highest BCUT2D eigenvalue weighted by Crippen LogP contribution is 2.29. The third kappa shape index (κ3) is 5.60. The lowest BCUT2D eigenvalue weighted by molar-refractivity contribution is 0.102. The van der Waals surface area contributed by atoms with Gasteiger partial charge in [0.1, 0.15) is 17.4 Å². The van der Waals surface area contributed by atoms with Gasteiger partial charge in [-0.25, -0.2) is 15.0 Å². The number of hydrogen-bond donors (Lipinski definition) is 5. The molecule has 12 nitrogen and oxygen atoms in total. The van der Waals surface area contributed by atoms with Crippen LogP contribution in [0.15, 0.2) is 30.6 Å². The first-order valence-electron chi connectivity index (χ1n) is 13.0. The van der Waals surface area contributed by atoms with E-state index in [1.807, 2.05) is 19.1 Å². The number of hydrogen-bond acceptors (Lipinski definition) is 10. The molecule has 0 radical (unpaired) electrons. The van der Waals surface area contributed by atoms with Gasteiger partial charge in [-0.2, -0.15) is 10.1 Å². The Hall–Kier alpha value is -4.32. The average Bonchev–Trinajstić information content (AvgIpc) is 3.34. The number of piperazine rings is 1. The van der Waals surface area contributed by atoms with Gasteiger partial charge in [-0.05, 0) is 38.5 Å². The number of anilines is 5. The van der Waals surface area contributed by atoms with Gasteiger partial charge in [0, 0.05) is 53.6 Å². The van der Waals surface area contributed by atoms with Crippen LogP contribution in [0.5, 0.6) is 0 Å². The predicted molar refractivity (Wildman–Crippen MR) is 154 cm³/mol. The molecule has 4 aromatic rings. The summed E-state index contributed by atoms with van der Waals surface area (Å²) in [6, 6.07) is 7.86. The van der Waals surface area contributed by atoms with Crippen molar-refractivity contribution in [3.63, 3.8) is 0 Å². The van der Waals surface area contributed by atoms with Crippen LogP contribution in [0.1, 0.15) is 56.2 Å². The Morgan fingerprint density at radius 3 is 2.51 bits per heavy atom. The van der Waals surface area contributed by atoms with Crippen LogP contribution in [0.2, 0.25) is 0 Å². The summed E-state index contributed by atoms with van der Waals surface area (Å²) in [5.41, 5.74) is 10.2. The van der Waals surface area contributed by atoms with Crippen LogP contribution in [0.4, 0.5) is 29.1 Å². The summed E-state index contributed by atoms with van der Waals surface area (Å²) in [6.45, 7) is 14.0. The maximum Gasteiger partial charge on any atom is 0.256 e. The molecule has 4 heterocycles. The molecule has 0 aliphatic carbocycles. The Balaban J connectivity index is 1.43. The molecule has 0 spiro atoms. The van der Waals surface area contributed by atoms with Gasteiger partial charge in [-0.3, -0.25) is 9.89 Å². The Morgan fingerprint density at radius 2 is 1.82 bits per heavy atom. The number of amides is 1. The molecule has 1 aliphatic rings. The first-order chi connectivity index (χ1) is 18.5. The molecule has 12 heteroatoms. The fraction of sp³-hybridized carbons (Fsp3) is 0.407. The van der Waals surface area contributed by atoms with Crippen LogP contribution < -0.4 is 26.6 Å². The number of carbonyl (C=O) groups excluding carboxylic acids is 1. The van der Waals surface area contributed by atoms with Crippen LogP contribution in [0, 0.1) is 6.92 Å². The molecule has 0 unspecified atom stereocenters. The van der Waals surface area contributed by atoms with E-state index in [1.165, 1.54) is 6.33 Å². The molecule has 1 saturated heterocycles. The van der Waals surface area contributed by atoms with Gasteiger partial charge in [0.2, 0.25) is 5.95 Å². The molecule has 1 aromatic carbocycles. The van der Waals surface area contributed by atoms with Crippen molar-refractivity contribution in [2.24, 2.45) is 0 Å². The van der Waals surface area contributed by atoms with Crippen molar-refractivity contribution in [1.29, 1.82) is 0 Å². The molecule has 2 atom stereocenters. The van der Waals surface area contributed by atoms with Gasteiger partial charge in [0.25, 0.3) is 5.91 Å². The summed E-state index contributed by atoms with van der Waals surface area (Å²) in [4.78, 5) is 33.3. The smallest absolute Gasteiger partial charge is 0.256 e. The molecule has 39 heavy (non-hydrogen) atoms. The number of aromatic amines is 1. The SMILES string of the molecule is Cc1ccc(C(=O)Nc2cc(C(C)(C)C)[nH]n2)cc1Nc1ncnc2c(N)nc(N3C[C@@H](C)N[C@@H](C)C3)nc12. The molecule has 6 N–H and O–H groups in total. The van der Waals surface area contributed by atoms with E-state index in [-0.39, 0.29) is 29.2 Å². The number of carbonyl (C=O) groups is 1. The lowest BCUT2D eigenvalue weighted by Crippen LogP contribution is -2.54. The van der Waals surface area contributed by atoms with E-state index in [1.54, 1.807) is 12.1 Å². The van der Waals surface area contributed by atoms with Crippen molar-refractivity contribution in [1.82, 2.24) is 35.5 Å². The third-order valence-electron chi connectivity index (χ3n) is 6.72. The summed E-state index contributed by atoms with van der Waals surface area (Å²) < 4.78 is 0. The van der Waals surface area contributed by atoms with Gasteiger partial charge in [-0.1, -0.05) is 26.8 Å². The van der Waals surface area contributed by atoms with E-state index in [0.29, 0.717) is 39.9 Å². The highest BCUT2D eigenvalue weighted by molar-refractivity contribution is 6.04. The molecular weight excluding hydrogens is 494 g/mol. The number of aryl methyl sites for hydroxylation is 1. The molecule has 204 valence electrons.